The highest BCUT2D eigenvalue weighted by Gasteiger charge is 2.12. The lowest BCUT2D eigenvalue weighted by molar-refractivity contribution is 0.0949. The van der Waals surface area contributed by atoms with Gasteiger partial charge in [-0.3, -0.25) is 4.79 Å². The van der Waals surface area contributed by atoms with Crippen LogP contribution in [0.4, 0.5) is 0 Å². The molecule has 1 aromatic heterocycles. The van der Waals surface area contributed by atoms with Crippen molar-refractivity contribution in [2.45, 2.75) is 77.8 Å². The highest BCUT2D eigenvalue weighted by atomic mass is 35.5. The maximum absolute atomic E-state index is 12.5. The first-order valence-electron chi connectivity index (χ1n) is 11.7. The number of rotatable bonds is 13. The molecule has 0 radical (unpaired) electrons. The number of nitrogens with zero attached hydrogens (tertiary/aromatic N) is 2. The third-order valence-corrected chi connectivity index (χ3v) is 5.98. The van der Waals surface area contributed by atoms with Gasteiger partial charge in [0.2, 0.25) is 0 Å². The molecule has 0 aliphatic heterocycles. The van der Waals surface area contributed by atoms with Gasteiger partial charge in [-0.2, -0.15) is 0 Å². The topological polar surface area (TPSA) is 46.9 Å². The summed E-state index contributed by atoms with van der Waals surface area (Å²) in [4.78, 5) is 17.3. The van der Waals surface area contributed by atoms with E-state index in [-0.39, 0.29) is 5.91 Å². The van der Waals surface area contributed by atoms with Crippen LogP contribution >= 0.6 is 11.6 Å². The van der Waals surface area contributed by atoms with Crippen molar-refractivity contribution >= 4 is 28.5 Å². The Morgan fingerprint density at radius 3 is 2.26 bits per heavy atom. The van der Waals surface area contributed by atoms with Crippen LogP contribution in [-0.2, 0) is 13.1 Å². The highest BCUT2D eigenvalue weighted by molar-refractivity contribution is 6.30. The number of hydrogen-bond acceptors (Lipinski definition) is 2. The van der Waals surface area contributed by atoms with Crippen LogP contribution in [0.3, 0.4) is 0 Å². The Hall–Kier alpha value is -2.33. The largest absolute Gasteiger partial charge is 0.345 e. The lowest BCUT2D eigenvalue weighted by Crippen LogP contribution is -2.24. The molecule has 0 spiro atoms. The molecule has 3 rings (SSSR count). The summed E-state index contributed by atoms with van der Waals surface area (Å²) < 4.78 is 2.26. The van der Waals surface area contributed by atoms with Gasteiger partial charge in [0.25, 0.3) is 5.91 Å². The average Bonchev–Trinajstić information content (AvgIpc) is 3.14. The van der Waals surface area contributed by atoms with E-state index in [1.807, 2.05) is 18.2 Å². The van der Waals surface area contributed by atoms with Gasteiger partial charge < -0.3 is 9.88 Å². The van der Waals surface area contributed by atoms with Crippen LogP contribution in [0.2, 0.25) is 5.02 Å². The molecule has 166 valence electrons. The molecule has 0 fully saturated rings. The van der Waals surface area contributed by atoms with Crippen LogP contribution in [0.1, 0.15) is 80.9 Å². The zero-order valence-electron chi connectivity index (χ0n) is 18.6. The van der Waals surface area contributed by atoms with Crippen molar-refractivity contribution in [3.8, 4) is 0 Å². The Balaban J connectivity index is 1.53. The Bertz CT molecular complexity index is 949. The first-order valence-corrected chi connectivity index (χ1v) is 12.0. The van der Waals surface area contributed by atoms with Crippen molar-refractivity contribution in [3.05, 3.63) is 64.9 Å². The second-order valence-corrected chi connectivity index (χ2v) is 8.62. The lowest BCUT2D eigenvalue weighted by atomic mass is 10.1. The van der Waals surface area contributed by atoms with Gasteiger partial charge in [0, 0.05) is 17.1 Å². The second kappa shape index (κ2) is 12.5. The minimum Gasteiger partial charge on any atom is -0.345 e. The quantitative estimate of drug-likeness (QED) is 0.287. The summed E-state index contributed by atoms with van der Waals surface area (Å²) in [5, 5.41) is 3.63. The van der Waals surface area contributed by atoms with Gasteiger partial charge in [-0.05, 0) is 42.8 Å². The number of para-hydroxylation sites is 2. The summed E-state index contributed by atoms with van der Waals surface area (Å²) >= 11 is 5.92. The fraction of sp³-hybridized carbons (Fsp3) is 0.462. The standard InChI is InChI=1S/C26H34ClN3O/c1-2-3-4-5-6-7-8-9-12-19-30-24-14-11-10-13-23(24)29-25(30)20-28-26(31)21-15-17-22(27)18-16-21/h10-11,13-18H,2-9,12,19-20H2,1H3,(H,28,31). The third kappa shape index (κ3) is 7.10. The van der Waals surface area contributed by atoms with Crippen molar-refractivity contribution in [1.29, 1.82) is 0 Å². The summed E-state index contributed by atoms with van der Waals surface area (Å²) in [7, 11) is 0. The Morgan fingerprint density at radius 2 is 1.55 bits per heavy atom. The molecule has 5 heteroatoms. The van der Waals surface area contributed by atoms with E-state index in [9.17, 15) is 4.79 Å². The van der Waals surface area contributed by atoms with E-state index in [1.54, 1.807) is 24.3 Å². The number of aromatic nitrogens is 2. The average molecular weight is 440 g/mol. The maximum Gasteiger partial charge on any atom is 0.251 e. The van der Waals surface area contributed by atoms with Crippen molar-refractivity contribution < 1.29 is 4.79 Å². The van der Waals surface area contributed by atoms with Gasteiger partial charge in [0.05, 0.1) is 17.6 Å². The van der Waals surface area contributed by atoms with Crippen LogP contribution in [0, 0.1) is 0 Å². The molecule has 31 heavy (non-hydrogen) atoms. The predicted molar refractivity (Wildman–Crippen MR) is 130 cm³/mol. The van der Waals surface area contributed by atoms with E-state index in [0.29, 0.717) is 17.1 Å². The molecule has 0 atom stereocenters. The first-order chi connectivity index (χ1) is 15.2. The molecule has 0 bridgehead atoms. The number of hydrogen-bond donors (Lipinski definition) is 1. The van der Waals surface area contributed by atoms with Crippen LogP contribution in [0.15, 0.2) is 48.5 Å². The van der Waals surface area contributed by atoms with E-state index >= 15 is 0 Å². The van der Waals surface area contributed by atoms with Gasteiger partial charge in [-0.1, -0.05) is 82.0 Å². The number of unbranched alkanes of at least 4 members (excludes halogenated alkanes) is 8. The first kappa shape index (κ1) is 23.3. The smallest absolute Gasteiger partial charge is 0.251 e. The van der Waals surface area contributed by atoms with Crippen LogP contribution in [0.5, 0.6) is 0 Å². The zero-order valence-corrected chi connectivity index (χ0v) is 19.3. The molecule has 0 saturated carbocycles. The van der Waals surface area contributed by atoms with E-state index in [1.165, 1.54) is 51.4 Å². The van der Waals surface area contributed by atoms with Crippen molar-refractivity contribution in [2.24, 2.45) is 0 Å². The molecule has 0 saturated heterocycles. The molecule has 1 N–H and O–H groups in total. The maximum atomic E-state index is 12.5. The number of benzene rings is 2. The lowest BCUT2D eigenvalue weighted by Gasteiger charge is -2.10. The van der Waals surface area contributed by atoms with E-state index in [0.717, 1.165) is 29.8 Å². The molecular formula is C26H34ClN3O. The molecule has 3 aromatic rings. The third-order valence-electron chi connectivity index (χ3n) is 5.73. The summed E-state index contributed by atoms with van der Waals surface area (Å²) in [5.74, 6) is 0.793. The van der Waals surface area contributed by atoms with Crippen molar-refractivity contribution in [1.82, 2.24) is 14.9 Å². The molecule has 2 aromatic carbocycles. The number of halogens is 1. The molecule has 1 amide bonds. The van der Waals surface area contributed by atoms with Crippen LogP contribution in [-0.4, -0.2) is 15.5 Å². The minimum atomic E-state index is -0.113. The van der Waals surface area contributed by atoms with Gasteiger partial charge in [-0.15, -0.1) is 0 Å². The SMILES string of the molecule is CCCCCCCCCCCn1c(CNC(=O)c2ccc(Cl)cc2)nc2ccccc21. The molecule has 0 unspecified atom stereocenters. The molecule has 4 nitrogen and oxygen atoms in total. The number of imidazole rings is 1. The number of fused-ring (bicyclic) bond motifs is 1. The summed E-state index contributed by atoms with van der Waals surface area (Å²) in [5.41, 5.74) is 2.72. The van der Waals surface area contributed by atoms with Crippen molar-refractivity contribution in [3.63, 3.8) is 0 Å². The van der Waals surface area contributed by atoms with E-state index < -0.39 is 0 Å². The van der Waals surface area contributed by atoms with Gasteiger partial charge >= 0.3 is 0 Å². The van der Waals surface area contributed by atoms with Crippen molar-refractivity contribution in [2.75, 3.05) is 0 Å². The Labute approximate surface area is 191 Å². The van der Waals surface area contributed by atoms with E-state index in [4.69, 9.17) is 16.6 Å². The zero-order chi connectivity index (χ0) is 21.9. The second-order valence-electron chi connectivity index (χ2n) is 8.19. The normalized spacial score (nSPS) is 11.2. The predicted octanol–water partition coefficient (Wildman–Crippen LogP) is 7.15. The number of nitrogens with one attached hydrogen (secondary N) is 1. The fourth-order valence-corrected chi connectivity index (χ4v) is 4.08. The molecule has 1 heterocycles. The number of amides is 1. The number of carbonyl (C=O) groups excluding carboxylic acids is 1. The molecule has 0 aliphatic carbocycles. The molecular weight excluding hydrogens is 406 g/mol. The minimum absolute atomic E-state index is 0.113. The van der Waals surface area contributed by atoms with Gasteiger partial charge in [0.15, 0.2) is 0 Å². The fourth-order valence-electron chi connectivity index (χ4n) is 3.95. The van der Waals surface area contributed by atoms with Gasteiger partial charge in [-0.25, -0.2) is 4.98 Å². The van der Waals surface area contributed by atoms with Crippen LogP contribution < -0.4 is 5.32 Å². The molecule has 0 aliphatic rings. The highest BCUT2D eigenvalue weighted by Crippen LogP contribution is 2.18. The number of carbonyl (C=O) groups is 1. The van der Waals surface area contributed by atoms with Crippen LogP contribution in [0.25, 0.3) is 11.0 Å². The number of aryl methyl sites for hydroxylation is 1. The van der Waals surface area contributed by atoms with E-state index in [2.05, 4.69) is 22.9 Å². The summed E-state index contributed by atoms with van der Waals surface area (Å²) in [6, 6.07) is 15.1. The monoisotopic (exact) mass is 439 g/mol. The Morgan fingerprint density at radius 1 is 0.903 bits per heavy atom. The van der Waals surface area contributed by atoms with Gasteiger partial charge in [0.1, 0.15) is 5.82 Å². The summed E-state index contributed by atoms with van der Waals surface area (Å²) in [6.45, 7) is 3.60. The summed E-state index contributed by atoms with van der Waals surface area (Å²) in [6.07, 6.45) is 11.8. The Kier molecular flexibility index (Phi) is 9.41.